The number of aromatic hydroxyl groups is 1. The van der Waals surface area contributed by atoms with Crippen molar-refractivity contribution in [3.63, 3.8) is 0 Å². The minimum atomic E-state index is -4.42. The lowest BCUT2D eigenvalue weighted by Gasteiger charge is -2.10. The summed E-state index contributed by atoms with van der Waals surface area (Å²) in [7, 11) is 0. The van der Waals surface area contributed by atoms with E-state index >= 15 is 0 Å². The van der Waals surface area contributed by atoms with Gasteiger partial charge >= 0.3 is 12.1 Å². The summed E-state index contributed by atoms with van der Waals surface area (Å²) in [5.41, 5.74) is 1.66. The number of fused-ring (bicyclic) bond motifs is 1. The van der Waals surface area contributed by atoms with Gasteiger partial charge in [-0.25, -0.2) is 14.5 Å². The predicted octanol–water partition coefficient (Wildman–Crippen LogP) is 4.15. The largest absolute Gasteiger partial charge is 0.492 e. The summed E-state index contributed by atoms with van der Waals surface area (Å²) < 4.78 is 41.6. The zero-order valence-electron chi connectivity index (χ0n) is 17.7. The average Bonchev–Trinajstić information content (AvgIpc) is 3.47. The van der Waals surface area contributed by atoms with E-state index in [0.29, 0.717) is 16.6 Å². The molecule has 0 spiro atoms. The van der Waals surface area contributed by atoms with Gasteiger partial charge in [0.15, 0.2) is 0 Å². The van der Waals surface area contributed by atoms with Gasteiger partial charge in [0.05, 0.1) is 30.1 Å². The number of hydrogen-bond donors (Lipinski definition) is 2. The number of aromatic carboxylic acids is 1. The standard InChI is InChI=1S/C23H15F3N6O3/c24-23(25,26)17-3-1-2-15(8-17)14-6-4-13(5-7-14)11-31-19-18(10-28-31)29-22(30-20(19)33)32-12-16(9-27-32)21(34)35/h1-10,12H,11H2,(H,34,35)(H,29,30,33). The highest BCUT2D eigenvalue weighted by Gasteiger charge is 2.30. The van der Waals surface area contributed by atoms with E-state index in [0.717, 1.165) is 28.6 Å². The highest BCUT2D eigenvalue weighted by molar-refractivity contribution is 5.87. The van der Waals surface area contributed by atoms with Crippen LogP contribution >= 0.6 is 0 Å². The van der Waals surface area contributed by atoms with Crippen molar-refractivity contribution in [2.75, 3.05) is 0 Å². The molecule has 0 amide bonds. The average molecular weight is 480 g/mol. The Kier molecular flexibility index (Phi) is 5.20. The van der Waals surface area contributed by atoms with Crippen LogP contribution in [0.2, 0.25) is 0 Å². The van der Waals surface area contributed by atoms with E-state index in [9.17, 15) is 23.1 Å². The number of rotatable bonds is 5. The molecule has 0 atom stereocenters. The second kappa shape index (κ2) is 8.24. The molecule has 0 fully saturated rings. The molecule has 2 N–H and O–H groups in total. The summed E-state index contributed by atoms with van der Waals surface area (Å²) in [6.07, 6.45) is -0.630. The van der Waals surface area contributed by atoms with Crippen LogP contribution in [0.5, 0.6) is 5.88 Å². The lowest BCUT2D eigenvalue weighted by atomic mass is 10.0. The number of benzene rings is 2. The summed E-state index contributed by atoms with van der Waals surface area (Å²) in [5.74, 6) is -1.55. The SMILES string of the molecule is O=C(O)c1cnn(-c2nc(O)c3c(cnn3Cc3ccc(-c4cccc(C(F)(F)F)c4)cc3)n2)c1. The van der Waals surface area contributed by atoms with Crippen LogP contribution in [0.4, 0.5) is 13.2 Å². The monoisotopic (exact) mass is 480 g/mol. The van der Waals surface area contributed by atoms with Crippen LogP contribution in [-0.4, -0.2) is 45.7 Å². The molecule has 5 aromatic rings. The first-order chi connectivity index (χ1) is 16.7. The van der Waals surface area contributed by atoms with Gasteiger partial charge in [0, 0.05) is 6.20 Å². The van der Waals surface area contributed by atoms with Gasteiger partial charge in [-0.3, -0.25) is 4.68 Å². The Hall–Kier alpha value is -4.74. The first-order valence-electron chi connectivity index (χ1n) is 10.2. The van der Waals surface area contributed by atoms with Crippen LogP contribution < -0.4 is 0 Å². The maximum absolute atomic E-state index is 13.0. The van der Waals surface area contributed by atoms with Crippen LogP contribution in [0.15, 0.2) is 67.1 Å². The van der Waals surface area contributed by atoms with Crippen molar-refractivity contribution >= 4 is 17.0 Å². The number of alkyl halides is 3. The van der Waals surface area contributed by atoms with Crippen LogP contribution in [0.1, 0.15) is 21.5 Å². The van der Waals surface area contributed by atoms with Gasteiger partial charge in [-0.15, -0.1) is 0 Å². The van der Waals surface area contributed by atoms with Crippen molar-refractivity contribution in [2.24, 2.45) is 0 Å². The number of carboxylic acids is 1. The smallest absolute Gasteiger partial charge is 0.416 e. The molecule has 3 aromatic heterocycles. The van der Waals surface area contributed by atoms with Crippen molar-refractivity contribution in [2.45, 2.75) is 12.7 Å². The molecule has 0 radical (unpaired) electrons. The minimum Gasteiger partial charge on any atom is -0.492 e. The summed E-state index contributed by atoms with van der Waals surface area (Å²) in [6.45, 7) is 0.244. The molecule has 0 unspecified atom stereocenters. The fourth-order valence-electron chi connectivity index (χ4n) is 3.58. The first kappa shape index (κ1) is 22.1. The third-order valence-corrected chi connectivity index (χ3v) is 5.30. The third-order valence-electron chi connectivity index (χ3n) is 5.30. The van der Waals surface area contributed by atoms with Crippen molar-refractivity contribution < 1.29 is 28.2 Å². The molecule has 0 bridgehead atoms. The molecule has 35 heavy (non-hydrogen) atoms. The normalized spacial score (nSPS) is 11.7. The van der Waals surface area contributed by atoms with Gasteiger partial charge in [0.1, 0.15) is 11.0 Å². The summed E-state index contributed by atoms with van der Waals surface area (Å²) in [4.78, 5) is 19.3. The predicted molar refractivity (Wildman–Crippen MR) is 117 cm³/mol. The van der Waals surface area contributed by atoms with E-state index in [1.165, 1.54) is 23.1 Å². The summed E-state index contributed by atoms with van der Waals surface area (Å²) in [5, 5.41) is 27.7. The highest BCUT2D eigenvalue weighted by atomic mass is 19.4. The lowest BCUT2D eigenvalue weighted by Crippen LogP contribution is -2.05. The van der Waals surface area contributed by atoms with Crippen LogP contribution in [0, 0.1) is 0 Å². The molecule has 0 aliphatic carbocycles. The van der Waals surface area contributed by atoms with Crippen molar-refractivity contribution in [1.29, 1.82) is 0 Å². The Morgan fingerprint density at radius 3 is 2.43 bits per heavy atom. The molecule has 0 aliphatic rings. The highest BCUT2D eigenvalue weighted by Crippen LogP contribution is 2.32. The fourth-order valence-corrected chi connectivity index (χ4v) is 3.58. The van der Waals surface area contributed by atoms with Crippen molar-refractivity contribution in [1.82, 2.24) is 29.5 Å². The van der Waals surface area contributed by atoms with E-state index in [2.05, 4.69) is 20.2 Å². The minimum absolute atomic E-state index is 0.0208. The van der Waals surface area contributed by atoms with Crippen LogP contribution in [0.25, 0.3) is 28.1 Å². The van der Waals surface area contributed by atoms with E-state index in [1.807, 2.05) is 0 Å². The molecule has 2 aromatic carbocycles. The number of carbonyl (C=O) groups is 1. The number of aromatic nitrogens is 6. The third kappa shape index (κ3) is 4.28. The summed E-state index contributed by atoms with van der Waals surface area (Å²) >= 11 is 0. The van der Waals surface area contributed by atoms with Gasteiger partial charge in [0.25, 0.3) is 5.95 Å². The molecule has 9 nitrogen and oxygen atoms in total. The zero-order valence-corrected chi connectivity index (χ0v) is 17.7. The van der Waals surface area contributed by atoms with Gasteiger partial charge in [-0.05, 0) is 28.8 Å². The Labute approximate surface area is 194 Å². The topological polar surface area (TPSA) is 119 Å². The van der Waals surface area contributed by atoms with Crippen molar-refractivity contribution in [3.05, 3.63) is 83.8 Å². The Balaban J connectivity index is 1.40. The molecule has 0 saturated heterocycles. The molecule has 0 saturated carbocycles. The fraction of sp³-hybridized carbons (Fsp3) is 0.0870. The first-order valence-corrected chi connectivity index (χ1v) is 10.2. The lowest BCUT2D eigenvalue weighted by molar-refractivity contribution is -0.137. The van der Waals surface area contributed by atoms with E-state index in [-0.39, 0.29) is 29.5 Å². The van der Waals surface area contributed by atoms with Gasteiger partial charge in [0.2, 0.25) is 5.88 Å². The molecular formula is C23H15F3N6O3. The Bertz CT molecular complexity index is 1560. The van der Waals surface area contributed by atoms with E-state index in [4.69, 9.17) is 5.11 Å². The number of halogens is 3. The van der Waals surface area contributed by atoms with Crippen LogP contribution in [0.3, 0.4) is 0 Å². The molecule has 0 aliphatic heterocycles. The molecule has 176 valence electrons. The van der Waals surface area contributed by atoms with Gasteiger partial charge in [-0.2, -0.15) is 28.4 Å². The van der Waals surface area contributed by atoms with Crippen molar-refractivity contribution in [3.8, 4) is 23.0 Å². The second-order valence-corrected chi connectivity index (χ2v) is 7.64. The molecular weight excluding hydrogens is 465 g/mol. The van der Waals surface area contributed by atoms with E-state index < -0.39 is 17.7 Å². The van der Waals surface area contributed by atoms with Crippen LogP contribution in [-0.2, 0) is 12.7 Å². The zero-order chi connectivity index (χ0) is 24.7. The molecule has 3 heterocycles. The van der Waals surface area contributed by atoms with Gasteiger partial charge < -0.3 is 10.2 Å². The maximum atomic E-state index is 13.0. The molecule has 12 heteroatoms. The number of nitrogens with zero attached hydrogens (tertiary/aromatic N) is 6. The second-order valence-electron chi connectivity index (χ2n) is 7.64. The summed E-state index contributed by atoms with van der Waals surface area (Å²) in [6, 6.07) is 12.0. The quantitative estimate of drug-likeness (QED) is 0.388. The molecule has 5 rings (SSSR count). The maximum Gasteiger partial charge on any atom is 0.416 e. The van der Waals surface area contributed by atoms with E-state index in [1.54, 1.807) is 30.3 Å². The van der Waals surface area contributed by atoms with Gasteiger partial charge in [-0.1, -0.05) is 36.4 Å². The number of hydrogen-bond acceptors (Lipinski definition) is 6. The number of carboxylic acid groups (broad SMARTS) is 1. The Morgan fingerprint density at radius 1 is 0.971 bits per heavy atom. The Morgan fingerprint density at radius 2 is 1.74 bits per heavy atom.